The summed E-state index contributed by atoms with van der Waals surface area (Å²) in [5.41, 5.74) is 0. The van der Waals surface area contributed by atoms with Crippen molar-refractivity contribution in [2.75, 3.05) is 13.2 Å². The Bertz CT molecular complexity index is 118. The van der Waals surface area contributed by atoms with Crippen LogP contribution in [0.2, 0.25) is 0 Å². The average Bonchev–Trinajstić information content (AvgIpc) is 2.17. The Balaban J connectivity index is 2.22. The lowest BCUT2D eigenvalue weighted by Gasteiger charge is -2.01. The molecule has 0 aromatic rings. The van der Waals surface area contributed by atoms with Crippen molar-refractivity contribution in [2.24, 2.45) is 0 Å². The van der Waals surface area contributed by atoms with Crippen molar-refractivity contribution < 1.29 is 13.9 Å². The SMILES string of the molecule is O=C1NCC(CCF)O1. The lowest BCUT2D eigenvalue weighted by molar-refractivity contribution is 0.131. The number of amides is 1. The molecular formula is C5H8FNO2. The van der Waals surface area contributed by atoms with Crippen molar-refractivity contribution in [2.45, 2.75) is 12.5 Å². The minimum Gasteiger partial charge on any atom is -0.444 e. The summed E-state index contributed by atoms with van der Waals surface area (Å²) in [7, 11) is 0. The van der Waals surface area contributed by atoms with Crippen molar-refractivity contribution in [3.05, 3.63) is 0 Å². The summed E-state index contributed by atoms with van der Waals surface area (Å²) in [4.78, 5) is 10.3. The van der Waals surface area contributed by atoms with Crippen LogP contribution < -0.4 is 5.32 Å². The third-order valence-electron chi connectivity index (χ3n) is 1.18. The summed E-state index contributed by atoms with van der Waals surface area (Å²) < 4.78 is 16.2. The number of rotatable bonds is 2. The van der Waals surface area contributed by atoms with Gasteiger partial charge in [-0.1, -0.05) is 0 Å². The molecule has 0 radical (unpaired) electrons. The molecular weight excluding hydrogens is 125 g/mol. The Kier molecular flexibility index (Phi) is 1.87. The second-order valence-electron chi connectivity index (χ2n) is 1.89. The first kappa shape index (κ1) is 6.32. The number of carbonyl (C=O) groups is 1. The van der Waals surface area contributed by atoms with Gasteiger partial charge in [-0.05, 0) is 0 Å². The Labute approximate surface area is 52.2 Å². The van der Waals surface area contributed by atoms with E-state index in [1.807, 2.05) is 0 Å². The van der Waals surface area contributed by atoms with Crippen LogP contribution in [0, 0.1) is 0 Å². The summed E-state index contributed by atoms with van der Waals surface area (Å²) in [5, 5.41) is 2.43. The third-order valence-corrected chi connectivity index (χ3v) is 1.18. The van der Waals surface area contributed by atoms with Gasteiger partial charge in [-0.25, -0.2) is 4.79 Å². The number of alkyl carbamates (subject to hydrolysis) is 1. The van der Waals surface area contributed by atoms with Crippen molar-refractivity contribution in [3.8, 4) is 0 Å². The van der Waals surface area contributed by atoms with Gasteiger partial charge in [-0.3, -0.25) is 4.39 Å². The standard InChI is InChI=1S/C5H8FNO2/c6-2-1-4-3-7-5(8)9-4/h4H,1-3H2,(H,7,8). The zero-order valence-electron chi connectivity index (χ0n) is 4.89. The molecule has 0 spiro atoms. The molecule has 4 heteroatoms. The minimum absolute atomic E-state index is 0.248. The van der Waals surface area contributed by atoms with Crippen LogP contribution in [0.4, 0.5) is 9.18 Å². The molecule has 1 fully saturated rings. The van der Waals surface area contributed by atoms with Gasteiger partial charge in [0.1, 0.15) is 6.10 Å². The van der Waals surface area contributed by atoms with E-state index >= 15 is 0 Å². The van der Waals surface area contributed by atoms with Crippen molar-refractivity contribution >= 4 is 6.09 Å². The smallest absolute Gasteiger partial charge is 0.407 e. The topological polar surface area (TPSA) is 38.3 Å². The molecule has 1 N–H and O–H groups in total. The zero-order valence-corrected chi connectivity index (χ0v) is 4.89. The molecule has 1 heterocycles. The van der Waals surface area contributed by atoms with Gasteiger partial charge in [0, 0.05) is 6.42 Å². The van der Waals surface area contributed by atoms with E-state index in [-0.39, 0.29) is 6.10 Å². The van der Waals surface area contributed by atoms with Crippen LogP contribution in [0.1, 0.15) is 6.42 Å². The zero-order chi connectivity index (χ0) is 6.69. The largest absolute Gasteiger partial charge is 0.444 e. The molecule has 1 unspecified atom stereocenters. The van der Waals surface area contributed by atoms with Crippen LogP contribution in [-0.4, -0.2) is 25.4 Å². The number of hydrogen-bond acceptors (Lipinski definition) is 2. The number of halogens is 1. The number of hydrogen-bond donors (Lipinski definition) is 1. The number of ether oxygens (including phenoxy) is 1. The maximum atomic E-state index is 11.6. The van der Waals surface area contributed by atoms with Gasteiger partial charge in [0.25, 0.3) is 0 Å². The second-order valence-corrected chi connectivity index (χ2v) is 1.89. The van der Waals surface area contributed by atoms with Gasteiger partial charge in [-0.2, -0.15) is 0 Å². The van der Waals surface area contributed by atoms with E-state index in [4.69, 9.17) is 0 Å². The Morgan fingerprint density at radius 3 is 3.11 bits per heavy atom. The number of carbonyl (C=O) groups excluding carboxylic acids is 1. The van der Waals surface area contributed by atoms with E-state index in [0.717, 1.165) is 0 Å². The molecule has 3 nitrogen and oxygen atoms in total. The predicted molar refractivity (Wildman–Crippen MR) is 28.9 cm³/mol. The maximum absolute atomic E-state index is 11.6. The van der Waals surface area contributed by atoms with E-state index in [1.165, 1.54) is 0 Å². The first-order valence-electron chi connectivity index (χ1n) is 2.83. The van der Waals surface area contributed by atoms with Gasteiger partial charge < -0.3 is 10.1 Å². The fourth-order valence-corrected chi connectivity index (χ4v) is 0.715. The van der Waals surface area contributed by atoms with Crippen molar-refractivity contribution in [3.63, 3.8) is 0 Å². The molecule has 1 amide bonds. The van der Waals surface area contributed by atoms with Crippen LogP contribution >= 0.6 is 0 Å². The fraction of sp³-hybridized carbons (Fsp3) is 0.800. The predicted octanol–water partition coefficient (Wildman–Crippen LogP) is 0.454. The highest BCUT2D eigenvalue weighted by atomic mass is 19.1. The summed E-state index contributed by atoms with van der Waals surface area (Å²) in [5.74, 6) is 0. The molecule has 1 saturated heterocycles. The molecule has 0 aromatic heterocycles. The summed E-state index contributed by atoms with van der Waals surface area (Å²) >= 11 is 0. The fourth-order valence-electron chi connectivity index (χ4n) is 0.715. The molecule has 1 rings (SSSR count). The highest BCUT2D eigenvalue weighted by Gasteiger charge is 2.21. The molecule has 52 valence electrons. The van der Waals surface area contributed by atoms with Crippen molar-refractivity contribution in [1.82, 2.24) is 5.32 Å². The molecule has 1 aliphatic rings. The maximum Gasteiger partial charge on any atom is 0.407 e. The van der Waals surface area contributed by atoms with Gasteiger partial charge in [0.2, 0.25) is 0 Å². The van der Waals surface area contributed by atoms with E-state index in [9.17, 15) is 9.18 Å². The van der Waals surface area contributed by atoms with E-state index < -0.39 is 12.8 Å². The van der Waals surface area contributed by atoms with Crippen LogP contribution in [0.5, 0.6) is 0 Å². The van der Waals surface area contributed by atoms with E-state index in [1.54, 1.807) is 0 Å². The van der Waals surface area contributed by atoms with Gasteiger partial charge in [-0.15, -0.1) is 0 Å². The van der Waals surface area contributed by atoms with Crippen LogP contribution in [0.15, 0.2) is 0 Å². The lowest BCUT2D eigenvalue weighted by atomic mass is 10.3. The van der Waals surface area contributed by atoms with Gasteiger partial charge in [0.15, 0.2) is 0 Å². The molecule has 0 bridgehead atoms. The number of nitrogens with one attached hydrogen (secondary N) is 1. The van der Waals surface area contributed by atoms with Crippen LogP contribution in [-0.2, 0) is 4.74 Å². The number of cyclic esters (lactones) is 1. The average molecular weight is 133 g/mol. The second kappa shape index (κ2) is 2.66. The Morgan fingerprint density at radius 1 is 1.89 bits per heavy atom. The summed E-state index contributed by atoms with van der Waals surface area (Å²) in [6, 6.07) is 0. The molecule has 0 aromatic carbocycles. The van der Waals surface area contributed by atoms with Crippen LogP contribution in [0.25, 0.3) is 0 Å². The number of alkyl halides is 1. The lowest BCUT2D eigenvalue weighted by Crippen LogP contribution is -2.15. The molecule has 0 saturated carbocycles. The van der Waals surface area contributed by atoms with Gasteiger partial charge >= 0.3 is 6.09 Å². The normalized spacial score (nSPS) is 25.4. The Hall–Kier alpha value is -0.800. The first-order valence-corrected chi connectivity index (χ1v) is 2.83. The third kappa shape index (κ3) is 1.55. The van der Waals surface area contributed by atoms with Crippen LogP contribution in [0.3, 0.4) is 0 Å². The Morgan fingerprint density at radius 2 is 2.67 bits per heavy atom. The van der Waals surface area contributed by atoms with Gasteiger partial charge in [0.05, 0.1) is 13.2 Å². The highest BCUT2D eigenvalue weighted by molar-refractivity contribution is 5.69. The molecule has 1 aliphatic heterocycles. The highest BCUT2D eigenvalue weighted by Crippen LogP contribution is 2.03. The minimum atomic E-state index is -0.437. The molecule has 9 heavy (non-hydrogen) atoms. The van der Waals surface area contributed by atoms with E-state index in [2.05, 4.69) is 10.1 Å². The van der Waals surface area contributed by atoms with Crippen molar-refractivity contribution in [1.29, 1.82) is 0 Å². The summed E-state index contributed by atoms with van der Waals surface area (Å²) in [6.45, 7) is 0.0162. The monoisotopic (exact) mass is 133 g/mol. The first-order chi connectivity index (χ1) is 4.33. The quantitative estimate of drug-likeness (QED) is 0.594. The van der Waals surface area contributed by atoms with E-state index in [0.29, 0.717) is 13.0 Å². The molecule has 1 atom stereocenters. The molecule has 0 aliphatic carbocycles. The summed E-state index contributed by atoms with van der Waals surface area (Å²) in [6.07, 6.45) is -0.380.